The average molecular weight is 550 g/mol. The molecule has 10 heteroatoms. The van der Waals surface area contributed by atoms with Crippen LogP contribution in [0.1, 0.15) is 102 Å². The van der Waals surface area contributed by atoms with Crippen molar-refractivity contribution in [3.63, 3.8) is 0 Å². The van der Waals surface area contributed by atoms with Crippen LogP contribution in [0.5, 0.6) is 0 Å². The Morgan fingerprint density at radius 3 is 2.40 bits per heavy atom. The van der Waals surface area contributed by atoms with Crippen molar-refractivity contribution in [3.05, 3.63) is 24.0 Å². The molecule has 0 spiro atoms. The number of nitrogens with zero attached hydrogens (tertiary/aromatic N) is 4. The fraction of sp³-hybridized carbons (Fsp3) is 0.700. The van der Waals surface area contributed by atoms with E-state index in [4.69, 9.17) is 4.74 Å². The van der Waals surface area contributed by atoms with Crippen LogP contribution in [0.25, 0.3) is 0 Å². The highest BCUT2D eigenvalue weighted by molar-refractivity contribution is 5.79. The maximum absolute atomic E-state index is 12.9. The number of cyclic esters (lactones) is 1. The maximum Gasteiger partial charge on any atom is 0.410 e. The Kier molecular flexibility index (Phi) is 8.48. The number of ketones is 1. The smallest absolute Gasteiger partial charge is 0.410 e. The lowest BCUT2D eigenvalue weighted by molar-refractivity contribution is -0.121. The van der Waals surface area contributed by atoms with E-state index in [0.717, 1.165) is 63.0 Å². The van der Waals surface area contributed by atoms with Gasteiger partial charge in [0.25, 0.3) is 0 Å². The first-order valence-corrected chi connectivity index (χ1v) is 15.5. The predicted octanol–water partition coefficient (Wildman–Crippen LogP) is 5.93. The molecular weight excluding hydrogens is 506 g/mol. The number of carbonyl (C=O) groups is 2. The summed E-state index contributed by atoms with van der Waals surface area (Å²) in [4.78, 5) is 35.7. The van der Waals surface area contributed by atoms with E-state index in [9.17, 15) is 9.59 Å². The van der Waals surface area contributed by atoms with E-state index in [1.165, 1.54) is 31.4 Å². The average Bonchev–Trinajstić information content (AvgIpc) is 3.73. The largest absolute Gasteiger partial charge is 0.448 e. The van der Waals surface area contributed by atoms with Gasteiger partial charge in [-0.3, -0.25) is 9.89 Å². The van der Waals surface area contributed by atoms with Gasteiger partial charge in [-0.15, -0.1) is 0 Å². The lowest BCUT2D eigenvalue weighted by Crippen LogP contribution is -2.38. The van der Waals surface area contributed by atoms with Crippen LogP contribution in [0.3, 0.4) is 0 Å². The van der Waals surface area contributed by atoms with E-state index < -0.39 is 0 Å². The first-order chi connectivity index (χ1) is 19.6. The van der Waals surface area contributed by atoms with Crippen LogP contribution < -0.4 is 10.6 Å². The van der Waals surface area contributed by atoms with Crippen molar-refractivity contribution >= 4 is 29.5 Å². The van der Waals surface area contributed by atoms with E-state index in [1.54, 1.807) is 6.20 Å². The molecule has 3 heterocycles. The molecular formula is C30H43N7O3. The highest BCUT2D eigenvalue weighted by Crippen LogP contribution is 2.35. The molecule has 0 radical (unpaired) electrons. The van der Waals surface area contributed by atoms with E-state index in [0.29, 0.717) is 67.6 Å². The first-order valence-electron chi connectivity index (χ1n) is 15.5. The molecule has 4 fully saturated rings. The van der Waals surface area contributed by atoms with Crippen LogP contribution in [0, 0.1) is 11.8 Å². The van der Waals surface area contributed by atoms with Gasteiger partial charge < -0.3 is 20.3 Å². The molecule has 4 aliphatic rings. The van der Waals surface area contributed by atoms with Gasteiger partial charge in [-0.05, 0) is 82.1 Å². The van der Waals surface area contributed by atoms with Crippen LogP contribution in [0.15, 0.2) is 18.3 Å². The van der Waals surface area contributed by atoms with E-state index >= 15 is 0 Å². The number of amides is 1. The van der Waals surface area contributed by atoms with Crippen LogP contribution in [0.2, 0.25) is 0 Å². The molecule has 3 saturated carbocycles. The monoisotopic (exact) mass is 549 g/mol. The molecule has 1 amide bonds. The fourth-order valence-corrected chi connectivity index (χ4v) is 7.29. The molecule has 10 nitrogen and oxygen atoms in total. The van der Waals surface area contributed by atoms with Gasteiger partial charge in [-0.25, -0.2) is 9.78 Å². The van der Waals surface area contributed by atoms with Gasteiger partial charge in [0.2, 0.25) is 5.95 Å². The minimum absolute atomic E-state index is 0.164. The van der Waals surface area contributed by atoms with Gasteiger partial charge in [0, 0.05) is 48.8 Å². The Morgan fingerprint density at radius 1 is 0.975 bits per heavy atom. The first kappa shape index (κ1) is 27.0. The summed E-state index contributed by atoms with van der Waals surface area (Å²) in [5, 5.41) is 14.4. The van der Waals surface area contributed by atoms with Gasteiger partial charge in [0.1, 0.15) is 18.2 Å². The second kappa shape index (κ2) is 12.6. The molecule has 0 bridgehead atoms. The third-order valence-corrected chi connectivity index (χ3v) is 9.57. The van der Waals surface area contributed by atoms with Crippen LogP contribution >= 0.6 is 0 Å². The Morgan fingerprint density at radius 2 is 1.70 bits per heavy atom. The number of ether oxygens (including phenoxy) is 1. The molecule has 1 aliphatic heterocycles. The normalized spacial score (nSPS) is 27.5. The lowest BCUT2D eigenvalue weighted by Gasteiger charge is -2.33. The molecule has 0 aromatic carbocycles. The number of H-pyrrole nitrogens is 1. The summed E-state index contributed by atoms with van der Waals surface area (Å²) in [6.45, 7) is 1.23. The summed E-state index contributed by atoms with van der Waals surface area (Å²) in [6, 6.07) is 4.59. The summed E-state index contributed by atoms with van der Waals surface area (Å²) < 4.78 is 5.09. The number of hydrogen-bond acceptors (Lipinski definition) is 8. The van der Waals surface area contributed by atoms with Gasteiger partial charge in [-0.2, -0.15) is 10.1 Å². The van der Waals surface area contributed by atoms with E-state index in [-0.39, 0.29) is 6.09 Å². The summed E-state index contributed by atoms with van der Waals surface area (Å²) in [5.74, 6) is 4.11. The van der Waals surface area contributed by atoms with Crippen molar-refractivity contribution in [2.24, 2.45) is 11.8 Å². The van der Waals surface area contributed by atoms with Crippen LogP contribution in [0.4, 0.5) is 22.4 Å². The van der Waals surface area contributed by atoms with Crippen molar-refractivity contribution in [3.8, 4) is 0 Å². The second-order valence-electron chi connectivity index (χ2n) is 12.4. The number of carbonyl (C=O) groups excluding carboxylic acids is 2. The molecule has 1 saturated heterocycles. The zero-order chi connectivity index (χ0) is 27.3. The van der Waals surface area contributed by atoms with Gasteiger partial charge >= 0.3 is 6.09 Å². The van der Waals surface area contributed by atoms with Gasteiger partial charge in [0.05, 0.1) is 6.54 Å². The Bertz CT molecular complexity index is 1150. The Labute approximate surface area is 236 Å². The van der Waals surface area contributed by atoms with Crippen molar-refractivity contribution in [2.45, 2.75) is 108 Å². The maximum atomic E-state index is 12.9. The SMILES string of the molecule is O=C(CC1CCC(Nc2nccc(Nc3cc(C4CCCC4)[nH]n3)n2)CC1)CC1CCC(N2CCOC2=O)CC1. The third-order valence-electron chi connectivity index (χ3n) is 9.57. The highest BCUT2D eigenvalue weighted by Gasteiger charge is 2.33. The minimum Gasteiger partial charge on any atom is -0.448 e. The van der Waals surface area contributed by atoms with Gasteiger partial charge in [0.15, 0.2) is 5.82 Å². The molecule has 0 atom stereocenters. The molecule has 0 unspecified atom stereocenters. The quantitative estimate of drug-likeness (QED) is 0.333. The summed E-state index contributed by atoms with van der Waals surface area (Å²) >= 11 is 0. The number of rotatable bonds is 10. The number of aromatic amines is 1. The molecule has 6 rings (SSSR count). The van der Waals surface area contributed by atoms with E-state index in [2.05, 4.69) is 36.9 Å². The Hall–Kier alpha value is -3.17. The molecule has 3 N–H and O–H groups in total. The molecule has 216 valence electrons. The summed E-state index contributed by atoms with van der Waals surface area (Å²) in [6.07, 6.45) is 16.3. The minimum atomic E-state index is -0.164. The summed E-state index contributed by atoms with van der Waals surface area (Å²) in [5.41, 5.74) is 1.21. The number of anilines is 3. The lowest BCUT2D eigenvalue weighted by atomic mass is 9.79. The Balaban J connectivity index is 0.904. The zero-order valence-electron chi connectivity index (χ0n) is 23.4. The molecule has 2 aromatic heterocycles. The third kappa shape index (κ3) is 6.75. The van der Waals surface area contributed by atoms with Crippen molar-refractivity contribution < 1.29 is 14.3 Å². The second-order valence-corrected chi connectivity index (χ2v) is 12.4. The van der Waals surface area contributed by atoms with Crippen molar-refractivity contribution in [1.29, 1.82) is 0 Å². The number of Topliss-reactive ketones (excluding diaryl/α,β-unsaturated/α-hetero) is 1. The predicted molar refractivity (Wildman–Crippen MR) is 153 cm³/mol. The molecule has 3 aliphatic carbocycles. The topological polar surface area (TPSA) is 125 Å². The van der Waals surface area contributed by atoms with Gasteiger partial charge in [-0.1, -0.05) is 12.8 Å². The molecule has 2 aromatic rings. The fourth-order valence-electron chi connectivity index (χ4n) is 7.29. The summed E-state index contributed by atoms with van der Waals surface area (Å²) in [7, 11) is 0. The van der Waals surface area contributed by atoms with Crippen molar-refractivity contribution in [1.82, 2.24) is 25.1 Å². The van der Waals surface area contributed by atoms with E-state index in [1.807, 2.05) is 11.0 Å². The highest BCUT2D eigenvalue weighted by atomic mass is 16.6. The molecule has 40 heavy (non-hydrogen) atoms. The number of hydrogen-bond donors (Lipinski definition) is 3. The van der Waals surface area contributed by atoms with Crippen LogP contribution in [-0.2, 0) is 9.53 Å². The van der Waals surface area contributed by atoms with Crippen molar-refractivity contribution in [2.75, 3.05) is 23.8 Å². The number of aromatic nitrogens is 4. The standard InChI is InChI=1S/C30H43N7O3/c38-25(18-21-7-11-24(12-8-21)37-15-16-40-30(37)39)17-20-5-9-23(10-6-20)32-29-31-14-13-27(34-29)33-28-19-26(35-36-28)22-3-1-2-4-22/h13-14,19-24H,1-12,15-18H2,(H3,31,32,33,34,35,36). The zero-order valence-corrected chi connectivity index (χ0v) is 23.4. The number of nitrogens with one attached hydrogen (secondary N) is 3. The van der Waals surface area contributed by atoms with Crippen LogP contribution in [-0.4, -0.2) is 62.2 Å².